The van der Waals surface area contributed by atoms with E-state index in [0.29, 0.717) is 6.04 Å². The molecule has 0 aromatic carbocycles. The predicted octanol–water partition coefficient (Wildman–Crippen LogP) is 1.16. The molecule has 0 radical (unpaired) electrons. The molecule has 2 aliphatic heterocycles. The van der Waals surface area contributed by atoms with Crippen molar-refractivity contribution in [2.45, 2.75) is 38.3 Å². The minimum Gasteiger partial charge on any atom is -0.357 e. The van der Waals surface area contributed by atoms with Gasteiger partial charge in [-0.15, -0.1) is 0 Å². The highest BCUT2D eigenvalue weighted by molar-refractivity contribution is 5.80. The standard InChI is InChI=1S/C19H35N7/c1-5-20-19(26-11-8-17(15-26)25-9-6-7-10-25)21-13-18(23(2)3)16-12-22-24(4)14-16/h12,14,17-18H,5-11,13,15H2,1-4H3,(H,20,21). The van der Waals surface area contributed by atoms with Gasteiger partial charge in [-0.05, 0) is 53.4 Å². The molecule has 1 N–H and O–H groups in total. The fourth-order valence-corrected chi connectivity index (χ4v) is 4.12. The highest BCUT2D eigenvalue weighted by Gasteiger charge is 2.30. The molecule has 26 heavy (non-hydrogen) atoms. The third-order valence-electron chi connectivity index (χ3n) is 5.60. The average Bonchev–Trinajstić information content (AvgIpc) is 3.35. The fourth-order valence-electron chi connectivity index (χ4n) is 4.12. The van der Waals surface area contributed by atoms with E-state index in [9.17, 15) is 0 Å². The van der Waals surface area contributed by atoms with Crippen LogP contribution in [0, 0.1) is 0 Å². The van der Waals surface area contributed by atoms with Gasteiger partial charge in [0, 0.05) is 44.5 Å². The van der Waals surface area contributed by atoms with Crippen molar-refractivity contribution in [2.75, 3.05) is 53.4 Å². The first-order valence-electron chi connectivity index (χ1n) is 10.0. The van der Waals surface area contributed by atoms with E-state index in [-0.39, 0.29) is 6.04 Å². The lowest BCUT2D eigenvalue weighted by molar-refractivity contribution is 0.249. The first-order valence-corrected chi connectivity index (χ1v) is 10.0. The first kappa shape index (κ1) is 19.2. The maximum Gasteiger partial charge on any atom is 0.194 e. The number of aromatic nitrogens is 2. The summed E-state index contributed by atoms with van der Waals surface area (Å²) in [5.74, 6) is 1.06. The minimum absolute atomic E-state index is 0.245. The molecule has 3 rings (SSSR count). The van der Waals surface area contributed by atoms with E-state index in [1.54, 1.807) is 0 Å². The van der Waals surface area contributed by atoms with Crippen LogP contribution < -0.4 is 5.32 Å². The van der Waals surface area contributed by atoms with Crippen LogP contribution in [-0.4, -0.2) is 89.8 Å². The molecular weight excluding hydrogens is 326 g/mol. The maximum absolute atomic E-state index is 5.00. The number of nitrogens with one attached hydrogen (secondary N) is 1. The van der Waals surface area contributed by atoms with Crippen LogP contribution in [0.2, 0.25) is 0 Å². The molecule has 2 fully saturated rings. The van der Waals surface area contributed by atoms with Crippen molar-refractivity contribution >= 4 is 5.96 Å². The summed E-state index contributed by atoms with van der Waals surface area (Å²) in [6, 6.07) is 0.943. The first-order chi connectivity index (χ1) is 12.6. The van der Waals surface area contributed by atoms with Gasteiger partial charge in [-0.3, -0.25) is 14.6 Å². The van der Waals surface area contributed by atoms with Crippen LogP contribution in [-0.2, 0) is 7.05 Å². The van der Waals surface area contributed by atoms with Gasteiger partial charge in [-0.1, -0.05) is 0 Å². The lowest BCUT2D eigenvalue weighted by Gasteiger charge is -2.26. The zero-order chi connectivity index (χ0) is 18.5. The molecule has 3 heterocycles. The Morgan fingerprint density at radius 3 is 2.73 bits per heavy atom. The van der Waals surface area contributed by atoms with Crippen LogP contribution in [0.1, 0.15) is 37.8 Å². The molecule has 7 heteroatoms. The quantitative estimate of drug-likeness (QED) is 0.609. The zero-order valence-electron chi connectivity index (χ0n) is 16.9. The molecule has 0 saturated carbocycles. The number of hydrogen-bond donors (Lipinski definition) is 1. The number of likely N-dealkylation sites (N-methyl/N-ethyl adjacent to an activating group) is 1. The van der Waals surface area contributed by atoms with Gasteiger partial charge < -0.3 is 15.1 Å². The van der Waals surface area contributed by atoms with Crippen LogP contribution in [0.3, 0.4) is 0 Å². The Morgan fingerprint density at radius 2 is 2.12 bits per heavy atom. The summed E-state index contributed by atoms with van der Waals surface area (Å²) in [7, 11) is 6.19. The molecule has 7 nitrogen and oxygen atoms in total. The summed E-state index contributed by atoms with van der Waals surface area (Å²) in [4.78, 5) is 12.3. The Kier molecular flexibility index (Phi) is 6.53. The zero-order valence-corrected chi connectivity index (χ0v) is 16.9. The van der Waals surface area contributed by atoms with Crippen molar-refractivity contribution in [1.82, 2.24) is 29.8 Å². The number of nitrogens with zero attached hydrogens (tertiary/aromatic N) is 6. The Labute approximate surface area is 158 Å². The van der Waals surface area contributed by atoms with Crippen molar-refractivity contribution in [3.8, 4) is 0 Å². The molecule has 1 aromatic rings. The predicted molar refractivity (Wildman–Crippen MR) is 106 cm³/mol. The monoisotopic (exact) mass is 361 g/mol. The molecule has 0 aliphatic carbocycles. The van der Waals surface area contributed by atoms with Gasteiger partial charge in [0.05, 0.1) is 18.8 Å². The Balaban J connectivity index is 1.66. The summed E-state index contributed by atoms with van der Waals surface area (Å²) in [5.41, 5.74) is 1.22. The van der Waals surface area contributed by atoms with Gasteiger partial charge >= 0.3 is 0 Å². The molecule has 2 aliphatic rings. The minimum atomic E-state index is 0.245. The van der Waals surface area contributed by atoms with Crippen LogP contribution in [0.15, 0.2) is 17.4 Å². The van der Waals surface area contributed by atoms with Crippen LogP contribution >= 0.6 is 0 Å². The third kappa shape index (κ3) is 4.57. The highest BCUT2D eigenvalue weighted by atomic mass is 15.3. The fraction of sp³-hybridized carbons (Fsp3) is 0.789. The van der Waals surface area contributed by atoms with Gasteiger partial charge in [-0.2, -0.15) is 5.10 Å². The number of guanidine groups is 1. The molecule has 146 valence electrons. The van der Waals surface area contributed by atoms with Crippen molar-refractivity contribution in [2.24, 2.45) is 12.0 Å². The second-order valence-corrected chi connectivity index (χ2v) is 7.75. The summed E-state index contributed by atoms with van der Waals surface area (Å²) < 4.78 is 1.86. The van der Waals surface area contributed by atoms with E-state index in [0.717, 1.165) is 32.1 Å². The van der Waals surface area contributed by atoms with E-state index < -0.39 is 0 Å². The normalized spacial score (nSPS) is 23.2. The smallest absolute Gasteiger partial charge is 0.194 e. The number of rotatable bonds is 6. The van der Waals surface area contributed by atoms with Crippen LogP contribution in [0.25, 0.3) is 0 Å². The van der Waals surface area contributed by atoms with Gasteiger partial charge in [0.25, 0.3) is 0 Å². The van der Waals surface area contributed by atoms with Gasteiger partial charge in [-0.25, -0.2) is 0 Å². The third-order valence-corrected chi connectivity index (χ3v) is 5.60. The molecule has 0 spiro atoms. The topological polar surface area (TPSA) is 51.9 Å². The SMILES string of the molecule is CCNC(=NCC(c1cnn(C)c1)N(C)C)N1CCC(N2CCCC2)C1. The Bertz CT molecular complexity index is 588. The molecule has 0 amide bonds. The van der Waals surface area contributed by atoms with Crippen molar-refractivity contribution < 1.29 is 0 Å². The maximum atomic E-state index is 5.00. The number of hydrogen-bond acceptors (Lipinski definition) is 4. The van der Waals surface area contributed by atoms with E-state index in [1.807, 2.05) is 17.9 Å². The summed E-state index contributed by atoms with van der Waals surface area (Å²) in [5, 5.41) is 7.83. The average molecular weight is 362 g/mol. The number of likely N-dealkylation sites (tertiary alicyclic amines) is 2. The lowest BCUT2D eigenvalue weighted by atomic mass is 10.1. The molecule has 2 atom stereocenters. The van der Waals surface area contributed by atoms with Gasteiger partial charge in [0.2, 0.25) is 0 Å². The summed E-state index contributed by atoms with van der Waals surface area (Å²) in [6.07, 6.45) is 8.02. The second-order valence-electron chi connectivity index (χ2n) is 7.75. The van der Waals surface area contributed by atoms with Crippen LogP contribution in [0.5, 0.6) is 0 Å². The van der Waals surface area contributed by atoms with Crippen molar-refractivity contribution in [3.05, 3.63) is 18.0 Å². The number of aliphatic imine (C=N–C) groups is 1. The Morgan fingerprint density at radius 1 is 1.35 bits per heavy atom. The highest BCUT2D eigenvalue weighted by Crippen LogP contribution is 2.21. The summed E-state index contributed by atoms with van der Waals surface area (Å²) >= 11 is 0. The van der Waals surface area contributed by atoms with E-state index >= 15 is 0 Å². The molecule has 2 unspecified atom stereocenters. The van der Waals surface area contributed by atoms with E-state index in [2.05, 4.69) is 52.3 Å². The van der Waals surface area contributed by atoms with Crippen molar-refractivity contribution in [1.29, 1.82) is 0 Å². The van der Waals surface area contributed by atoms with Crippen molar-refractivity contribution in [3.63, 3.8) is 0 Å². The Hall–Kier alpha value is -1.60. The molecule has 2 saturated heterocycles. The molecule has 1 aromatic heterocycles. The van der Waals surface area contributed by atoms with Gasteiger partial charge in [0.1, 0.15) is 0 Å². The largest absolute Gasteiger partial charge is 0.357 e. The van der Waals surface area contributed by atoms with Gasteiger partial charge in [0.15, 0.2) is 5.96 Å². The van der Waals surface area contributed by atoms with E-state index in [1.165, 1.54) is 37.9 Å². The summed E-state index contributed by atoms with van der Waals surface area (Å²) in [6.45, 7) is 8.55. The number of aryl methyl sites for hydroxylation is 1. The molecular formula is C19H35N7. The molecule has 0 bridgehead atoms. The second kappa shape index (κ2) is 8.86. The lowest BCUT2D eigenvalue weighted by Crippen LogP contribution is -2.43. The van der Waals surface area contributed by atoms with Crippen LogP contribution in [0.4, 0.5) is 0 Å². The van der Waals surface area contributed by atoms with E-state index in [4.69, 9.17) is 4.99 Å².